The number of fused-ring (bicyclic) bond motifs is 2. The fraction of sp³-hybridized carbons (Fsp3) is 0.333. The summed E-state index contributed by atoms with van der Waals surface area (Å²) in [6.45, 7) is 0.982. The van der Waals surface area contributed by atoms with Crippen LogP contribution in [0.5, 0.6) is 0 Å². The van der Waals surface area contributed by atoms with Gasteiger partial charge in [0.05, 0.1) is 30.1 Å². The molecule has 230 valence electrons. The predicted molar refractivity (Wildman–Crippen MR) is 167 cm³/mol. The predicted octanol–water partition coefficient (Wildman–Crippen LogP) is 4.84. The lowest BCUT2D eigenvalue weighted by atomic mass is 9.73. The van der Waals surface area contributed by atoms with Crippen LogP contribution in [0.3, 0.4) is 0 Å². The smallest absolute Gasteiger partial charge is 0.255 e. The Labute approximate surface area is 256 Å². The van der Waals surface area contributed by atoms with Crippen LogP contribution >= 0.6 is 0 Å². The second kappa shape index (κ2) is 11.7. The fourth-order valence-corrected chi connectivity index (χ4v) is 7.05. The van der Waals surface area contributed by atoms with E-state index in [1.165, 1.54) is 42.7 Å². The van der Waals surface area contributed by atoms with E-state index in [-0.39, 0.29) is 41.0 Å². The lowest BCUT2D eigenvalue weighted by Gasteiger charge is -2.44. The first-order chi connectivity index (χ1) is 21.0. The molecular weight excluding hydrogens is 583 g/mol. The highest BCUT2D eigenvalue weighted by Crippen LogP contribution is 2.45. The highest BCUT2D eigenvalue weighted by Gasteiger charge is 2.42. The van der Waals surface area contributed by atoms with E-state index < -0.39 is 15.8 Å². The molecule has 3 unspecified atom stereocenters. The monoisotopic (exact) mass is 618 g/mol. The zero-order valence-electron chi connectivity index (χ0n) is 24.8. The minimum atomic E-state index is -3.66. The van der Waals surface area contributed by atoms with Crippen LogP contribution in [-0.2, 0) is 21.4 Å². The van der Waals surface area contributed by atoms with E-state index >= 15 is 0 Å². The van der Waals surface area contributed by atoms with Gasteiger partial charge in [-0.05, 0) is 66.6 Å². The number of sulfonamides is 1. The Morgan fingerprint density at radius 3 is 2.52 bits per heavy atom. The van der Waals surface area contributed by atoms with E-state index in [1.54, 1.807) is 6.07 Å². The lowest BCUT2D eigenvalue weighted by Crippen LogP contribution is -2.58. The zero-order valence-corrected chi connectivity index (χ0v) is 25.7. The van der Waals surface area contributed by atoms with E-state index in [0.717, 1.165) is 30.2 Å². The van der Waals surface area contributed by atoms with Gasteiger partial charge in [-0.2, -0.15) is 0 Å². The topological polar surface area (TPSA) is 112 Å². The van der Waals surface area contributed by atoms with Crippen molar-refractivity contribution in [2.45, 2.75) is 37.8 Å². The molecule has 0 radical (unpaired) electrons. The number of nitrogens with zero attached hydrogens (tertiary/aromatic N) is 2. The maximum atomic E-state index is 13.8. The number of benzene rings is 3. The third kappa shape index (κ3) is 5.57. The number of carbonyl (C=O) groups excluding carboxylic acids is 2. The number of hydrogen-bond acceptors (Lipinski definition) is 6. The summed E-state index contributed by atoms with van der Waals surface area (Å²) >= 11 is 0. The SMILES string of the molecule is CNC(=O)c1c(-c2ccc(F)cc2)oc2cc(N(C)S(C)(=O)=O)c(C3CCC4NCN(Cc5ccccc5)C(=O)C4C3)cc12. The number of halogens is 1. The number of hydrogen-bond donors (Lipinski definition) is 2. The van der Waals surface area contributed by atoms with E-state index in [9.17, 15) is 22.4 Å². The minimum Gasteiger partial charge on any atom is -0.455 e. The van der Waals surface area contributed by atoms with E-state index in [0.29, 0.717) is 41.9 Å². The van der Waals surface area contributed by atoms with Crippen LogP contribution in [-0.4, -0.2) is 58.2 Å². The molecule has 11 heteroatoms. The van der Waals surface area contributed by atoms with Crippen LogP contribution in [0, 0.1) is 11.7 Å². The molecule has 2 heterocycles. The summed E-state index contributed by atoms with van der Waals surface area (Å²) < 4.78 is 46.7. The van der Waals surface area contributed by atoms with Gasteiger partial charge in [-0.25, -0.2) is 12.8 Å². The summed E-state index contributed by atoms with van der Waals surface area (Å²) in [5, 5.41) is 6.74. The van der Waals surface area contributed by atoms with Crippen LogP contribution in [0.2, 0.25) is 0 Å². The molecule has 44 heavy (non-hydrogen) atoms. The van der Waals surface area contributed by atoms with Crippen LogP contribution in [0.1, 0.15) is 46.7 Å². The summed E-state index contributed by atoms with van der Waals surface area (Å²) in [6, 6.07) is 19.0. The number of rotatable bonds is 7. The van der Waals surface area contributed by atoms with Crippen molar-refractivity contribution >= 4 is 38.5 Å². The fourth-order valence-electron chi connectivity index (χ4n) is 6.53. The first-order valence-electron chi connectivity index (χ1n) is 14.6. The number of nitrogens with one attached hydrogen (secondary N) is 2. The Balaban J connectivity index is 1.43. The van der Waals surface area contributed by atoms with Crippen molar-refractivity contribution in [2.75, 3.05) is 31.3 Å². The quantitative estimate of drug-likeness (QED) is 0.307. The van der Waals surface area contributed by atoms with Gasteiger partial charge in [-0.15, -0.1) is 0 Å². The average Bonchev–Trinajstić information content (AvgIpc) is 3.40. The summed E-state index contributed by atoms with van der Waals surface area (Å²) in [5.74, 6) is -0.897. The van der Waals surface area contributed by atoms with Crippen molar-refractivity contribution in [3.63, 3.8) is 0 Å². The molecule has 2 fully saturated rings. The largest absolute Gasteiger partial charge is 0.455 e. The summed E-state index contributed by atoms with van der Waals surface area (Å²) in [5.41, 5.74) is 3.34. The van der Waals surface area contributed by atoms with Gasteiger partial charge in [0.2, 0.25) is 15.9 Å². The molecule has 2 aliphatic rings. The molecule has 0 spiro atoms. The van der Waals surface area contributed by atoms with Gasteiger partial charge in [-0.3, -0.25) is 19.2 Å². The first kappa shape index (κ1) is 29.8. The molecule has 1 saturated carbocycles. The van der Waals surface area contributed by atoms with Crippen molar-refractivity contribution in [2.24, 2.45) is 5.92 Å². The molecule has 2 N–H and O–H groups in total. The van der Waals surface area contributed by atoms with Gasteiger partial charge in [-0.1, -0.05) is 30.3 Å². The van der Waals surface area contributed by atoms with Crippen LogP contribution in [0.4, 0.5) is 10.1 Å². The molecule has 6 rings (SSSR count). The van der Waals surface area contributed by atoms with Crippen LogP contribution in [0.15, 0.2) is 71.1 Å². The maximum absolute atomic E-state index is 13.8. The third-order valence-electron chi connectivity index (χ3n) is 8.91. The number of anilines is 1. The molecular formula is C33H35FN4O5S. The lowest BCUT2D eigenvalue weighted by molar-refractivity contribution is -0.143. The number of furan rings is 1. The molecule has 1 aliphatic heterocycles. The summed E-state index contributed by atoms with van der Waals surface area (Å²) in [7, 11) is -0.651. The Kier molecular flexibility index (Phi) is 7.93. The minimum absolute atomic E-state index is 0.0334. The molecule has 9 nitrogen and oxygen atoms in total. The van der Waals surface area contributed by atoms with E-state index in [1.807, 2.05) is 41.3 Å². The Bertz CT molecular complexity index is 1820. The molecule has 1 saturated heterocycles. The van der Waals surface area contributed by atoms with Crippen molar-refractivity contribution in [1.82, 2.24) is 15.5 Å². The molecule has 3 atom stereocenters. The van der Waals surface area contributed by atoms with Crippen molar-refractivity contribution < 1.29 is 26.8 Å². The zero-order chi connectivity index (χ0) is 31.2. The molecule has 3 aromatic carbocycles. The van der Waals surface area contributed by atoms with Gasteiger partial charge in [0.1, 0.15) is 17.2 Å². The van der Waals surface area contributed by atoms with E-state index in [2.05, 4.69) is 10.6 Å². The Morgan fingerprint density at radius 1 is 1.11 bits per heavy atom. The third-order valence-corrected chi connectivity index (χ3v) is 10.1. The van der Waals surface area contributed by atoms with E-state index in [4.69, 9.17) is 4.42 Å². The maximum Gasteiger partial charge on any atom is 0.255 e. The summed E-state index contributed by atoms with van der Waals surface area (Å²) in [6.07, 6.45) is 3.13. The highest BCUT2D eigenvalue weighted by molar-refractivity contribution is 7.92. The van der Waals surface area contributed by atoms with Crippen LogP contribution < -0.4 is 14.9 Å². The Morgan fingerprint density at radius 2 is 1.84 bits per heavy atom. The van der Waals surface area contributed by atoms with Gasteiger partial charge in [0, 0.05) is 43.7 Å². The van der Waals surface area contributed by atoms with Crippen molar-refractivity contribution in [1.29, 1.82) is 0 Å². The second-order valence-corrected chi connectivity index (χ2v) is 13.7. The van der Waals surface area contributed by atoms with Crippen molar-refractivity contribution in [3.05, 3.63) is 89.2 Å². The number of carbonyl (C=O) groups is 2. The Hall–Kier alpha value is -4.22. The van der Waals surface area contributed by atoms with Gasteiger partial charge in [0.25, 0.3) is 5.91 Å². The molecule has 2 amide bonds. The standard InChI is InChI=1S/C33H35FN4O5S/c1-35-32(39)30-26-16-24(22-11-14-27-25(15-22)33(40)38(19-36-27)18-20-7-5-4-6-8-20)28(37(2)44(3,41)42)17-29(26)43-31(30)21-9-12-23(34)13-10-21/h4-10,12-13,16-17,22,25,27,36H,11,14-15,18-19H2,1-3H3,(H,35,39). The van der Waals surface area contributed by atoms with Gasteiger partial charge >= 0.3 is 0 Å². The van der Waals surface area contributed by atoms with Crippen LogP contribution in [0.25, 0.3) is 22.3 Å². The molecule has 1 aromatic heterocycles. The summed E-state index contributed by atoms with van der Waals surface area (Å²) in [4.78, 5) is 28.8. The normalized spacial score (nSPS) is 20.4. The highest BCUT2D eigenvalue weighted by atomic mass is 32.2. The van der Waals surface area contributed by atoms with Gasteiger partial charge in [0.15, 0.2) is 0 Å². The molecule has 4 aromatic rings. The number of amides is 2. The molecule has 1 aliphatic carbocycles. The second-order valence-electron chi connectivity index (χ2n) is 11.6. The first-order valence-corrected chi connectivity index (χ1v) is 16.5. The van der Waals surface area contributed by atoms with Gasteiger partial charge < -0.3 is 14.6 Å². The average molecular weight is 619 g/mol. The van der Waals surface area contributed by atoms with Crippen molar-refractivity contribution in [3.8, 4) is 11.3 Å². The molecule has 0 bridgehead atoms.